The summed E-state index contributed by atoms with van der Waals surface area (Å²) in [6, 6.07) is 15.0. The first-order valence-corrected chi connectivity index (χ1v) is 10.1. The van der Waals surface area contributed by atoms with E-state index in [4.69, 9.17) is 10.2 Å². The molecule has 0 amide bonds. The standard InChI is InChI=1S/C15H24.C9H8O4/c1-2-3-4-5-6-7-9-12-15-13-10-8-11-14-15;1-5-6(8(10)11)3-2-4-7(5)9(12)13/h8,10-11,13-14H,2-7,9,12H2,1H3;2-4H,1H3,(H,10,11)(H,12,13). The van der Waals surface area contributed by atoms with E-state index in [1.165, 1.54) is 82.1 Å². The van der Waals surface area contributed by atoms with Crippen molar-refractivity contribution in [1.82, 2.24) is 0 Å². The Morgan fingerprint density at radius 3 is 1.71 bits per heavy atom. The van der Waals surface area contributed by atoms with E-state index in [1.54, 1.807) is 0 Å². The van der Waals surface area contributed by atoms with E-state index in [1.807, 2.05) is 0 Å². The van der Waals surface area contributed by atoms with Crippen molar-refractivity contribution in [2.24, 2.45) is 0 Å². The largest absolute Gasteiger partial charge is 0.478 e. The highest BCUT2D eigenvalue weighted by Crippen LogP contribution is 2.13. The van der Waals surface area contributed by atoms with Crippen LogP contribution in [0.25, 0.3) is 0 Å². The zero-order valence-corrected chi connectivity index (χ0v) is 17.0. The fourth-order valence-corrected chi connectivity index (χ4v) is 3.03. The predicted octanol–water partition coefficient (Wildman–Crippen LogP) is 6.37. The van der Waals surface area contributed by atoms with Gasteiger partial charge >= 0.3 is 11.9 Å². The van der Waals surface area contributed by atoms with Crippen LogP contribution in [0, 0.1) is 6.92 Å². The van der Waals surface area contributed by atoms with Gasteiger partial charge in [0.25, 0.3) is 0 Å². The van der Waals surface area contributed by atoms with E-state index in [2.05, 4.69) is 37.3 Å². The minimum absolute atomic E-state index is 0.0277. The second-order valence-corrected chi connectivity index (χ2v) is 6.95. The zero-order valence-electron chi connectivity index (χ0n) is 17.0. The fraction of sp³-hybridized carbons (Fsp3) is 0.417. The van der Waals surface area contributed by atoms with Gasteiger partial charge in [-0.25, -0.2) is 9.59 Å². The number of benzene rings is 2. The van der Waals surface area contributed by atoms with E-state index in [9.17, 15) is 9.59 Å². The summed E-state index contributed by atoms with van der Waals surface area (Å²) in [4.78, 5) is 21.2. The van der Waals surface area contributed by atoms with Gasteiger partial charge in [0, 0.05) is 0 Å². The van der Waals surface area contributed by atoms with Crippen LogP contribution in [0.3, 0.4) is 0 Å². The van der Waals surface area contributed by atoms with Crippen molar-refractivity contribution < 1.29 is 19.8 Å². The summed E-state index contributed by atoms with van der Waals surface area (Å²) >= 11 is 0. The van der Waals surface area contributed by atoms with Crippen molar-refractivity contribution in [3.63, 3.8) is 0 Å². The van der Waals surface area contributed by atoms with E-state index < -0.39 is 11.9 Å². The average molecular weight is 385 g/mol. The molecule has 0 unspecified atom stereocenters. The van der Waals surface area contributed by atoms with Crippen molar-refractivity contribution in [3.05, 3.63) is 70.8 Å². The maximum Gasteiger partial charge on any atom is 0.335 e. The summed E-state index contributed by atoms with van der Waals surface area (Å²) in [5.74, 6) is -2.22. The minimum Gasteiger partial charge on any atom is -0.478 e. The SMILES string of the molecule is CCCCCCCCCc1ccccc1.Cc1c(C(=O)O)cccc1C(=O)O. The number of hydrogen-bond donors (Lipinski definition) is 2. The Morgan fingerprint density at radius 2 is 1.21 bits per heavy atom. The summed E-state index contributed by atoms with van der Waals surface area (Å²) in [6.45, 7) is 3.75. The highest BCUT2D eigenvalue weighted by atomic mass is 16.4. The number of carboxylic acid groups (broad SMARTS) is 2. The first-order chi connectivity index (χ1) is 13.5. The average Bonchev–Trinajstić information content (AvgIpc) is 2.68. The van der Waals surface area contributed by atoms with Gasteiger partial charge < -0.3 is 10.2 Å². The third-order valence-corrected chi connectivity index (χ3v) is 4.71. The highest BCUT2D eigenvalue weighted by Gasteiger charge is 2.13. The molecule has 0 bridgehead atoms. The van der Waals surface area contributed by atoms with Gasteiger partial charge in [-0.15, -0.1) is 0 Å². The Balaban J connectivity index is 0.000000283. The van der Waals surface area contributed by atoms with Crippen molar-refractivity contribution in [2.75, 3.05) is 0 Å². The van der Waals surface area contributed by atoms with Crippen LogP contribution in [0.5, 0.6) is 0 Å². The molecular weight excluding hydrogens is 352 g/mol. The summed E-state index contributed by atoms with van der Waals surface area (Å²) < 4.78 is 0. The molecule has 0 aliphatic heterocycles. The molecule has 0 saturated carbocycles. The summed E-state index contributed by atoms with van der Waals surface area (Å²) in [7, 11) is 0. The van der Waals surface area contributed by atoms with E-state index >= 15 is 0 Å². The van der Waals surface area contributed by atoms with Crippen LogP contribution < -0.4 is 0 Å². The molecule has 2 rings (SSSR count). The van der Waals surface area contributed by atoms with Gasteiger partial charge in [0.05, 0.1) is 11.1 Å². The molecule has 28 heavy (non-hydrogen) atoms. The fourth-order valence-electron chi connectivity index (χ4n) is 3.03. The van der Waals surface area contributed by atoms with E-state index in [0.29, 0.717) is 0 Å². The smallest absolute Gasteiger partial charge is 0.335 e. The lowest BCUT2D eigenvalue weighted by atomic mass is 10.0. The molecule has 0 radical (unpaired) electrons. The summed E-state index contributed by atoms with van der Waals surface area (Å²) in [5.41, 5.74) is 1.83. The van der Waals surface area contributed by atoms with Gasteiger partial charge in [0.2, 0.25) is 0 Å². The van der Waals surface area contributed by atoms with Crippen molar-refractivity contribution in [1.29, 1.82) is 0 Å². The molecule has 4 heteroatoms. The van der Waals surface area contributed by atoms with Crippen LogP contribution >= 0.6 is 0 Å². The molecule has 0 aliphatic rings. The lowest BCUT2D eigenvalue weighted by Crippen LogP contribution is -2.06. The normalized spacial score (nSPS) is 10.1. The molecule has 0 aliphatic carbocycles. The van der Waals surface area contributed by atoms with Crippen LogP contribution in [-0.2, 0) is 6.42 Å². The van der Waals surface area contributed by atoms with Gasteiger partial charge in [0.15, 0.2) is 0 Å². The molecule has 0 atom stereocenters. The summed E-state index contributed by atoms with van der Waals surface area (Å²) in [5, 5.41) is 17.4. The molecule has 2 N–H and O–H groups in total. The maximum atomic E-state index is 10.6. The minimum atomic E-state index is -1.11. The number of carbonyl (C=O) groups is 2. The quantitative estimate of drug-likeness (QED) is 0.467. The van der Waals surface area contributed by atoms with Gasteiger partial charge in [-0.2, -0.15) is 0 Å². The third kappa shape index (κ3) is 8.85. The van der Waals surface area contributed by atoms with Gasteiger partial charge in [-0.1, -0.05) is 81.8 Å². The lowest BCUT2D eigenvalue weighted by molar-refractivity contribution is 0.0696. The van der Waals surface area contributed by atoms with E-state index in [-0.39, 0.29) is 16.7 Å². The Kier molecular flexibility index (Phi) is 11.3. The number of aryl methyl sites for hydroxylation is 1. The molecule has 4 nitrogen and oxygen atoms in total. The first kappa shape index (κ1) is 23.4. The Bertz CT molecular complexity index is 690. The van der Waals surface area contributed by atoms with Crippen LogP contribution in [0.1, 0.15) is 83.7 Å². The predicted molar refractivity (Wildman–Crippen MR) is 113 cm³/mol. The highest BCUT2D eigenvalue weighted by molar-refractivity contribution is 5.96. The lowest BCUT2D eigenvalue weighted by Gasteiger charge is -2.03. The molecule has 0 spiro atoms. The van der Waals surface area contributed by atoms with Gasteiger partial charge in [0.1, 0.15) is 0 Å². The third-order valence-electron chi connectivity index (χ3n) is 4.71. The Labute approximate surface area is 168 Å². The molecular formula is C24H32O4. The van der Waals surface area contributed by atoms with Gasteiger partial charge in [-0.05, 0) is 43.0 Å². The number of unbranched alkanes of at least 4 members (excludes halogenated alkanes) is 6. The van der Waals surface area contributed by atoms with Gasteiger partial charge in [-0.3, -0.25) is 0 Å². The van der Waals surface area contributed by atoms with Crippen LogP contribution in [0.4, 0.5) is 0 Å². The molecule has 0 saturated heterocycles. The van der Waals surface area contributed by atoms with Crippen molar-refractivity contribution >= 4 is 11.9 Å². The number of aromatic carboxylic acids is 2. The summed E-state index contributed by atoms with van der Waals surface area (Å²) in [6.07, 6.45) is 11.1. The number of carboxylic acids is 2. The second-order valence-electron chi connectivity index (χ2n) is 6.95. The molecule has 0 aromatic heterocycles. The Morgan fingerprint density at radius 1 is 0.714 bits per heavy atom. The molecule has 0 fully saturated rings. The zero-order chi connectivity index (χ0) is 20.8. The van der Waals surface area contributed by atoms with Crippen molar-refractivity contribution in [3.8, 4) is 0 Å². The van der Waals surface area contributed by atoms with Crippen LogP contribution in [-0.4, -0.2) is 22.2 Å². The topological polar surface area (TPSA) is 74.6 Å². The molecule has 2 aromatic carbocycles. The maximum absolute atomic E-state index is 10.6. The number of hydrogen-bond acceptors (Lipinski definition) is 2. The molecule has 0 heterocycles. The Hall–Kier alpha value is -2.62. The first-order valence-electron chi connectivity index (χ1n) is 10.1. The monoisotopic (exact) mass is 384 g/mol. The number of rotatable bonds is 10. The van der Waals surface area contributed by atoms with E-state index in [0.717, 1.165) is 0 Å². The van der Waals surface area contributed by atoms with Crippen molar-refractivity contribution in [2.45, 2.75) is 65.2 Å². The molecule has 2 aromatic rings. The van der Waals surface area contributed by atoms with Crippen LogP contribution in [0.15, 0.2) is 48.5 Å². The second kappa shape index (κ2) is 13.5. The molecule has 152 valence electrons. The van der Waals surface area contributed by atoms with Crippen LogP contribution in [0.2, 0.25) is 0 Å².